The zero-order chi connectivity index (χ0) is 21.1. The van der Waals surface area contributed by atoms with E-state index >= 15 is 0 Å². The molecular formula is C20H15ClN4O5. The van der Waals surface area contributed by atoms with Gasteiger partial charge in [-0.1, -0.05) is 23.7 Å². The molecule has 0 atom stereocenters. The molecule has 0 unspecified atom stereocenters. The Bertz CT molecular complexity index is 1080. The van der Waals surface area contributed by atoms with E-state index in [-0.39, 0.29) is 31.5 Å². The summed E-state index contributed by atoms with van der Waals surface area (Å²) in [5.74, 6) is -0.408. The van der Waals surface area contributed by atoms with Gasteiger partial charge in [-0.15, -0.1) is 10.2 Å². The van der Waals surface area contributed by atoms with E-state index in [9.17, 15) is 14.4 Å². The van der Waals surface area contributed by atoms with Gasteiger partial charge in [0.05, 0.1) is 18.7 Å². The van der Waals surface area contributed by atoms with E-state index in [0.29, 0.717) is 27.6 Å². The van der Waals surface area contributed by atoms with Crippen molar-refractivity contribution in [3.8, 4) is 11.5 Å². The number of amides is 3. The highest BCUT2D eigenvalue weighted by Crippen LogP contribution is 2.20. The van der Waals surface area contributed by atoms with Crippen LogP contribution in [0.15, 0.2) is 52.9 Å². The number of rotatable bonds is 6. The number of carbonyl (C=O) groups excluding carboxylic acids is 3. The van der Waals surface area contributed by atoms with E-state index in [1.807, 2.05) is 0 Å². The Kier molecular flexibility index (Phi) is 5.44. The van der Waals surface area contributed by atoms with Gasteiger partial charge >= 0.3 is 12.0 Å². The minimum atomic E-state index is -0.567. The number of halogens is 1. The third-order valence-electron chi connectivity index (χ3n) is 4.35. The van der Waals surface area contributed by atoms with Crippen LogP contribution in [0.1, 0.15) is 21.8 Å². The molecule has 1 N–H and O–H groups in total. The Morgan fingerprint density at radius 3 is 2.50 bits per heavy atom. The van der Waals surface area contributed by atoms with E-state index < -0.39 is 12.0 Å². The second-order valence-electron chi connectivity index (χ2n) is 6.42. The summed E-state index contributed by atoms with van der Waals surface area (Å²) in [6.45, 7) is -0.0439. The van der Waals surface area contributed by atoms with Crippen molar-refractivity contribution in [3.63, 3.8) is 0 Å². The lowest BCUT2D eigenvalue weighted by Gasteiger charge is -2.12. The monoisotopic (exact) mass is 426 g/mol. The molecule has 2 aromatic carbocycles. The molecule has 3 amide bonds. The first-order valence-corrected chi connectivity index (χ1v) is 9.30. The van der Waals surface area contributed by atoms with Crippen LogP contribution in [0.4, 0.5) is 4.79 Å². The summed E-state index contributed by atoms with van der Waals surface area (Å²) in [5.41, 5.74) is 1.72. The van der Waals surface area contributed by atoms with Crippen molar-refractivity contribution in [1.29, 1.82) is 0 Å². The maximum Gasteiger partial charge on any atom is 0.338 e. The number of ether oxygens (including phenoxy) is 1. The van der Waals surface area contributed by atoms with Gasteiger partial charge < -0.3 is 14.5 Å². The molecule has 1 saturated heterocycles. The van der Waals surface area contributed by atoms with Gasteiger partial charge in [0.1, 0.15) is 0 Å². The summed E-state index contributed by atoms with van der Waals surface area (Å²) in [5, 5.41) is 10.8. The SMILES string of the molecule is O=C(OCc1nnc(-c2ccc(Cl)cc2)o1)c1ccc(CN2C(=O)CNC2=O)cc1. The van der Waals surface area contributed by atoms with Crippen molar-refractivity contribution in [3.05, 3.63) is 70.6 Å². The fourth-order valence-electron chi connectivity index (χ4n) is 2.78. The lowest BCUT2D eigenvalue weighted by atomic mass is 10.1. The number of nitrogens with one attached hydrogen (secondary N) is 1. The van der Waals surface area contributed by atoms with E-state index in [1.54, 1.807) is 48.5 Å². The van der Waals surface area contributed by atoms with Crippen LogP contribution >= 0.6 is 11.6 Å². The molecular weight excluding hydrogens is 412 g/mol. The normalized spacial score (nSPS) is 13.4. The minimum absolute atomic E-state index is 0.00134. The summed E-state index contributed by atoms with van der Waals surface area (Å²) in [4.78, 5) is 36.6. The van der Waals surface area contributed by atoms with E-state index in [1.165, 1.54) is 0 Å². The maximum absolute atomic E-state index is 12.2. The Morgan fingerprint density at radius 1 is 1.10 bits per heavy atom. The van der Waals surface area contributed by atoms with Crippen molar-refractivity contribution in [2.75, 3.05) is 6.54 Å². The van der Waals surface area contributed by atoms with Crippen LogP contribution < -0.4 is 5.32 Å². The molecule has 152 valence electrons. The van der Waals surface area contributed by atoms with Crippen LogP contribution in [0.2, 0.25) is 5.02 Å². The highest BCUT2D eigenvalue weighted by Gasteiger charge is 2.28. The van der Waals surface area contributed by atoms with Crippen molar-refractivity contribution in [2.24, 2.45) is 0 Å². The Labute approximate surface area is 175 Å². The zero-order valence-electron chi connectivity index (χ0n) is 15.5. The Balaban J connectivity index is 1.33. The minimum Gasteiger partial charge on any atom is -0.452 e. The standard InChI is InChI=1S/C20H15ClN4O5/c21-15-7-5-13(6-8-15)18-24-23-16(30-18)11-29-19(27)14-3-1-12(2-4-14)10-25-17(26)9-22-20(25)28/h1-8H,9-11H2,(H,22,28). The lowest BCUT2D eigenvalue weighted by molar-refractivity contribution is -0.125. The van der Waals surface area contributed by atoms with Gasteiger partial charge in [-0.05, 0) is 42.0 Å². The van der Waals surface area contributed by atoms with E-state index in [0.717, 1.165) is 4.90 Å². The van der Waals surface area contributed by atoms with Gasteiger partial charge in [-0.3, -0.25) is 9.69 Å². The fraction of sp³-hybridized carbons (Fsp3) is 0.150. The highest BCUT2D eigenvalue weighted by molar-refractivity contribution is 6.30. The quantitative estimate of drug-likeness (QED) is 0.476. The lowest BCUT2D eigenvalue weighted by Crippen LogP contribution is -2.30. The zero-order valence-corrected chi connectivity index (χ0v) is 16.3. The third-order valence-corrected chi connectivity index (χ3v) is 4.60. The molecule has 2 heterocycles. The molecule has 1 aliphatic rings. The van der Waals surface area contributed by atoms with Gasteiger partial charge in [-0.2, -0.15) is 0 Å². The number of benzene rings is 2. The largest absolute Gasteiger partial charge is 0.452 e. The topological polar surface area (TPSA) is 115 Å². The number of imide groups is 1. The number of hydrogen-bond donors (Lipinski definition) is 1. The number of nitrogens with zero attached hydrogens (tertiary/aromatic N) is 3. The first kappa shape index (κ1) is 19.6. The van der Waals surface area contributed by atoms with Crippen molar-refractivity contribution in [1.82, 2.24) is 20.4 Å². The summed E-state index contributed by atoms with van der Waals surface area (Å²) in [7, 11) is 0. The molecule has 0 aliphatic carbocycles. The fourth-order valence-corrected chi connectivity index (χ4v) is 2.90. The average molecular weight is 427 g/mol. The molecule has 0 saturated carbocycles. The second-order valence-corrected chi connectivity index (χ2v) is 6.86. The van der Waals surface area contributed by atoms with Gasteiger partial charge in [0.15, 0.2) is 6.61 Å². The van der Waals surface area contributed by atoms with Crippen LogP contribution in [0, 0.1) is 0 Å². The Hall–Kier alpha value is -3.72. The Morgan fingerprint density at radius 2 is 1.83 bits per heavy atom. The average Bonchev–Trinajstić information content (AvgIpc) is 3.35. The van der Waals surface area contributed by atoms with E-state index in [2.05, 4.69) is 15.5 Å². The molecule has 1 aliphatic heterocycles. The highest BCUT2D eigenvalue weighted by atomic mass is 35.5. The van der Waals surface area contributed by atoms with E-state index in [4.69, 9.17) is 20.8 Å². The first-order chi connectivity index (χ1) is 14.5. The molecule has 3 aromatic rings. The summed E-state index contributed by atoms with van der Waals surface area (Å²) in [6.07, 6.45) is 0. The molecule has 10 heteroatoms. The van der Waals surface area contributed by atoms with Crippen molar-refractivity contribution in [2.45, 2.75) is 13.2 Å². The van der Waals surface area contributed by atoms with Gasteiger partial charge in [-0.25, -0.2) is 9.59 Å². The van der Waals surface area contributed by atoms with Crippen LogP contribution in [0.25, 0.3) is 11.5 Å². The molecule has 1 aromatic heterocycles. The maximum atomic E-state index is 12.2. The van der Waals surface area contributed by atoms with Crippen LogP contribution in [0.3, 0.4) is 0 Å². The molecule has 0 spiro atoms. The first-order valence-electron chi connectivity index (χ1n) is 8.92. The van der Waals surface area contributed by atoms with Crippen molar-refractivity contribution >= 4 is 29.5 Å². The number of aromatic nitrogens is 2. The molecule has 0 bridgehead atoms. The van der Waals surface area contributed by atoms with Crippen molar-refractivity contribution < 1.29 is 23.5 Å². The van der Waals surface area contributed by atoms with Gasteiger partial charge in [0.25, 0.3) is 5.89 Å². The molecule has 9 nitrogen and oxygen atoms in total. The molecule has 4 rings (SSSR count). The molecule has 1 fully saturated rings. The number of carbonyl (C=O) groups is 3. The number of hydrogen-bond acceptors (Lipinski definition) is 7. The summed E-state index contributed by atoms with van der Waals surface area (Å²) in [6, 6.07) is 12.9. The predicted octanol–water partition coefficient (Wildman–Crippen LogP) is 2.80. The van der Waals surface area contributed by atoms with Crippen LogP contribution in [0.5, 0.6) is 0 Å². The predicted molar refractivity (Wildman–Crippen MR) is 104 cm³/mol. The third kappa shape index (κ3) is 4.31. The van der Waals surface area contributed by atoms with Gasteiger partial charge in [0.2, 0.25) is 11.8 Å². The smallest absolute Gasteiger partial charge is 0.338 e. The number of esters is 1. The second kappa shape index (κ2) is 8.34. The van der Waals surface area contributed by atoms with Gasteiger partial charge in [0, 0.05) is 10.6 Å². The summed E-state index contributed by atoms with van der Waals surface area (Å²) >= 11 is 5.85. The van der Waals surface area contributed by atoms with Crippen LogP contribution in [-0.2, 0) is 22.7 Å². The van der Waals surface area contributed by atoms with Crippen LogP contribution in [-0.4, -0.2) is 39.5 Å². The molecule has 30 heavy (non-hydrogen) atoms. The number of urea groups is 1. The molecule has 0 radical (unpaired) electrons. The summed E-state index contributed by atoms with van der Waals surface area (Å²) < 4.78 is 10.7.